The minimum absolute atomic E-state index is 0.00799. The SMILES string of the molecule is CC(CNC(=O)C1CCCCN1)Sc1ccc(Br)cc1. The van der Waals surface area contributed by atoms with E-state index in [1.54, 1.807) is 11.8 Å². The molecule has 3 nitrogen and oxygen atoms in total. The molecule has 5 heteroatoms. The molecule has 2 unspecified atom stereocenters. The zero-order valence-corrected chi connectivity index (χ0v) is 14.1. The van der Waals surface area contributed by atoms with E-state index in [-0.39, 0.29) is 11.9 Å². The van der Waals surface area contributed by atoms with E-state index in [4.69, 9.17) is 0 Å². The molecular formula is C15H21BrN2OS. The molecule has 2 rings (SSSR count). The second-order valence-corrected chi connectivity index (χ2v) is 7.56. The third-order valence-electron chi connectivity index (χ3n) is 3.34. The number of amides is 1. The molecule has 1 fully saturated rings. The fourth-order valence-corrected chi connectivity index (χ4v) is 3.42. The van der Waals surface area contributed by atoms with E-state index in [2.05, 4.69) is 45.6 Å². The fraction of sp³-hybridized carbons (Fsp3) is 0.533. The van der Waals surface area contributed by atoms with E-state index in [0.29, 0.717) is 11.8 Å². The summed E-state index contributed by atoms with van der Waals surface area (Å²) in [5.74, 6) is 0.146. The molecule has 0 bridgehead atoms. The van der Waals surface area contributed by atoms with Gasteiger partial charge in [-0.2, -0.15) is 0 Å². The van der Waals surface area contributed by atoms with Crippen LogP contribution in [0.15, 0.2) is 33.6 Å². The van der Waals surface area contributed by atoms with Crippen LogP contribution >= 0.6 is 27.7 Å². The number of piperidine rings is 1. The molecule has 110 valence electrons. The summed E-state index contributed by atoms with van der Waals surface area (Å²) in [6, 6.07) is 8.28. The maximum Gasteiger partial charge on any atom is 0.237 e. The number of benzene rings is 1. The number of halogens is 1. The Bertz CT molecular complexity index is 432. The summed E-state index contributed by atoms with van der Waals surface area (Å²) in [6.07, 6.45) is 3.29. The lowest BCUT2D eigenvalue weighted by Crippen LogP contribution is -2.47. The third kappa shape index (κ3) is 5.11. The lowest BCUT2D eigenvalue weighted by Gasteiger charge is -2.23. The zero-order chi connectivity index (χ0) is 14.4. The molecule has 0 spiro atoms. The number of carbonyl (C=O) groups excluding carboxylic acids is 1. The van der Waals surface area contributed by atoms with E-state index >= 15 is 0 Å². The quantitative estimate of drug-likeness (QED) is 0.796. The highest BCUT2D eigenvalue weighted by Crippen LogP contribution is 2.24. The van der Waals surface area contributed by atoms with E-state index in [9.17, 15) is 4.79 Å². The molecule has 1 heterocycles. The molecule has 1 amide bonds. The monoisotopic (exact) mass is 356 g/mol. The molecule has 20 heavy (non-hydrogen) atoms. The number of thioether (sulfide) groups is 1. The summed E-state index contributed by atoms with van der Waals surface area (Å²) >= 11 is 5.22. The Hall–Kier alpha value is -0.520. The minimum Gasteiger partial charge on any atom is -0.354 e. The lowest BCUT2D eigenvalue weighted by molar-refractivity contribution is -0.123. The molecule has 1 aromatic rings. The van der Waals surface area contributed by atoms with E-state index < -0.39 is 0 Å². The standard InChI is InChI=1S/C15H21BrN2OS/c1-11(20-13-7-5-12(16)6-8-13)10-18-15(19)14-4-2-3-9-17-14/h5-8,11,14,17H,2-4,9-10H2,1H3,(H,18,19). The van der Waals surface area contributed by atoms with Crippen LogP contribution in [-0.2, 0) is 4.79 Å². The molecule has 1 aliphatic rings. The normalized spacial score (nSPS) is 20.4. The predicted octanol–water partition coefficient (Wildman–Crippen LogP) is 3.19. The van der Waals surface area contributed by atoms with Crippen molar-refractivity contribution in [2.75, 3.05) is 13.1 Å². The average Bonchev–Trinajstić information content (AvgIpc) is 2.48. The summed E-state index contributed by atoms with van der Waals surface area (Å²) < 4.78 is 1.09. The van der Waals surface area contributed by atoms with Gasteiger partial charge in [0.25, 0.3) is 0 Å². The molecule has 1 aromatic carbocycles. The molecule has 0 radical (unpaired) electrons. The van der Waals surface area contributed by atoms with Crippen molar-refractivity contribution in [2.24, 2.45) is 0 Å². The molecule has 2 N–H and O–H groups in total. The number of carbonyl (C=O) groups is 1. The molecular weight excluding hydrogens is 336 g/mol. The van der Waals surface area contributed by atoms with Gasteiger partial charge < -0.3 is 10.6 Å². The topological polar surface area (TPSA) is 41.1 Å². The highest BCUT2D eigenvalue weighted by Gasteiger charge is 2.20. The van der Waals surface area contributed by atoms with Gasteiger partial charge in [-0.1, -0.05) is 29.3 Å². The van der Waals surface area contributed by atoms with Gasteiger partial charge in [0.2, 0.25) is 5.91 Å². The van der Waals surface area contributed by atoms with Crippen LogP contribution in [0, 0.1) is 0 Å². The second-order valence-electron chi connectivity index (χ2n) is 5.13. The maximum absolute atomic E-state index is 12.0. The summed E-state index contributed by atoms with van der Waals surface area (Å²) in [7, 11) is 0. The Morgan fingerprint density at radius 3 is 2.85 bits per heavy atom. The van der Waals surface area contributed by atoms with Crippen LogP contribution < -0.4 is 10.6 Å². The van der Waals surface area contributed by atoms with Crippen molar-refractivity contribution >= 4 is 33.6 Å². The van der Waals surface area contributed by atoms with Crippen LogP contribution in [0.1, 0.15) is 26.2 Å². The van der Waals surface area contributed by atoms with Crippen LogP contribution in [0.3, 0.4) is 0 Å². The molecule has 0 aromatic heterocycles. The highest BCUT2D eigenvalue weighted by molar-refractivity contribution is 9.10. The number of hydrogen-bond donors (Lipinski definition) is 2. The van der Waals surface area contributed by atoms with Gasteiger partial charge in [0.15, 0.2) is 0 Å². The van der Waals surface area contributed by atoms with Gasteiger partial charge in [0.1, 0.15) is 0 Å². The van der Waals surface area contributed by atoms with Gasteiger partial charge in [-0.3, -0.25) is 4.79 Å². The zero-order valence-electron chi connectivity index (χ0n) is 11.7. The highest BCUT2D eigenvalue weighted by atomic mass is 79.9. The van der Waals surface area contributed by atoms with Gasteiger partial charge in [0, 0.05) is 21.2 Å². The smallest absolute Gasteiger partial charge is 0.237 e. The van der Waals surface area contributed by atoms with Gasteiger partial charge in [-0.15, -0.1) is 11.8 Å². The first-order valence-electron chi connectivity index (χ1n) is 7.08. The second kappa shape index (κ2) is 8.05. The van der Waals surface area contributed by atoms with Crippen LogP contribution in [0.5, 0.6) is 0 Å². The number of nitrogens with one attached hydrogen (secondary N) is 2. The Balaban J connectivity index is 1.72. The summed E-state index contributed by atoms with van der Waals surface area (Å²) in [4.78, 5) is 13.2. The van der Waals surface area contributed by atoms with Crippen molar-refractivity contribution in [2.45, 2.75) is 42.4 Å². The maximum atomic E-state index is 12.0. The van der Waals surface area contributed by atoms with E-state index in [0.717, 1.165) is 23.9 Å². The number of rotatable bonds is 5. The summed E-state index contributed by atoms with van der Waals surface area (Å²) in [6.45, 7) is 3.81. The Kier molecular flexibility index (Phi) is 6.39. The summed E-state index contributed by atoms with van der Waals surface area (Å²) in [5, 5.41) is 6.69. The fourth-order valence-electron chi connectivity index (χ4n) is 2.23. The van der Waals surface area contributed by atoms with Crippen molar-refractivity contribution in [1.29, 1.82) is 0 Å². The van der Waals surface area contributed by atoms with Crippen molar-refractivity contribution in [3.8, 4) is 0 Å². The molecule has 0 saturated carbocycles. The van der Waals surface area contributed by atoms with Crippen LogP contribution in [0.25, 0.3) is 0 Å². The Morgan fingerprint density at radius 1 is 1.45 bits per heavy atom. The molecule has 0 aliphatic carbocycles. The first kappa shape index (κ1) is 15.9. The van der Waals surface area contributed by atoms with Crippen molar-refractivity contribution in [3.63, 3.8) is 0 Å². The van der Waals surface area contributed by atoms with Gasteiger partial charge >= 0.3 is 0 Å². The molecule has 2 atom stereocenters. The first-order chi connectivity index (χ1) is 9.65. The molecule has 1 aliphatic heterocycles. The lowest BCUT2D eigenvalue weighted by atomic mass is 10.0. The third-order valence-corrected chi connectivity index (χ3v) is 4.98. The van der Waals surface area contributed by atoms with Crippen LogP contribution in [0.4, 0.5) is 0 Å². The average molecular weight is 357 g/mol. The van der Waals surface area contributed by atoms with Gasteiger partial charge in [-0.25, -0.2) is 0 Å². The van der Waals surface area contributed by atoms with Gasteiger partial charge in [0.05, 0.1) is 6.04 Å². The predicted molar refractivity (Wildman–Crippen MR) is 88.1 cm³/mol. The van der Waals surface area contributed by atoms with Crippen LogP contribution in [0.2, 0.25) is 0 Å². The van der Waals surface area contributed by atoms with E-state index in [1.165, 1.54) is 11.3 Å². The van der Waals surface area contributed by atoms with Crippen molar-refractivity contribution < 1.29 is 4.79 Å². The number of hydrogen-bond acceptors (Lipinski definition) is 3. The van der Waals surface area contributed by atoms with Crippen molar-refractivity contribution in [1.82, 2.24) is 10.6 Å². The first-order valence-corrected chi connectivity index (χ1v) is 8.76. The van der Waals surface area contributed by atoms with E-state index in [1.807, 2.05) is 12.1 Å². The summed E-state index contributed by atoms with van der Waals surface area (Å²) in [5.41, 5.74) is 0. The van der Waals surface area contributed by atoms with Crippen molar-refractivity contribution in [3.05, 3.63) is 28.7 Å². The van der Waals surface area contributed by atoms with Gasteiger partial charge in [-0.05, 0) is 43.7 Å². The minimum atomic E-state index is 0.00799. The Morgan fingerprint density at radius 2 is 2.20 bits per heavy atom. The molecule has 1 saturated heterocycles. The largest absolute Gasteiger partial charge is 0.354 e. The van der Waals surface area contributed by atoms with Crippen LogP contribution in [-0.4, -0.2) is 30.3 Å². The Labute approximate surface area is 133 Å².